The molecule has 2 aromatic carbocycles. The molecule has 1 saturated heterocycles. The molecule has 1 fully saturated rings. The maximum absolute atomic E-state index is 13.9. The molecule has 1 aliphatic heterocycles. The molecule has 4 nitrogen and oxygen atoms in total. The Kier molecular flexibility index (Phi) is 5.29. The van der Waals surface area contributed by atoms with Crippen molar-refractivity contribution < 1.29 is 13.6 Å². The lowest BCUT2D eigenvalue weighted by Gasteiger charge is -2.23. The minimum absolute atomic E-state index is 0.220. The Morgan fingerprint density at radius 2 is 2.00 bits per heavy atom. The maximum atomic E-state index is 13.9. The van der Waals surface area contributed by atoms with Gasteiger partial charge >= 0.3 is 0 Å². The van der Waals surface area contributed by atoms with Crippen LogP contribution in [0.2, 0.25) is 0 Å². The van der Waals surface area contributed by atoms with Crippen molar-refractivity contribution in [3.05, 3.63) is 59.7 Å². The van der Waals surface area contributed by atoms with Crippen molar-refractivity contribution in [1.82, 2.24) is 4.90 Å². The predicted octanol–water partition coefficient (Wildman–Crippen LogP) is 3.02. The molecule has 134 valence electrons. The van der Waals surface area contributed by atoms with E-state index >= 15 is 0 Å². The van der Waals surface area contributed by atoms with Crippen molar-refractivity contribution in [3.63, 3.8) is 0 Å². The number of hydrogen-bond donors (Lipinski definition) is 1. The van der Waals surface area contributed by atoms with Gasteiger partial charge in [0, 0.05) is 18.2 Å². The van der Waals surface area contributed by atoms with E-state index in [4.69, 9.17) is 11.0 Å². The summed E-state index contributed by atoms with van der Waals surface area (Å²) in [6.45, 7) is 0.563. The van der Waals surface area contributed by atoms with Gasteiger partial charge in [0.25, 0.3) is 0 Å². The van der Waals surface area contributed by atoms with Crippen LogP contribution in [0.4, 0.5) is 8.78 Å². The molecule has 2 N–H and O–H groups in total. The maximum Gasteiger partial charge on any atom is 0.240 e. The summed E-state index contributed by atoms with van der Waals surface area (Å²) in [5, 5.41) is 9.10. The molecular formula is C20H19F2N3O. The van der Waals surface area contributed by atoms with Gasteiger partial charge < -0.3 is 10.6 Å². The molecule has 2 aromatic rings. The Balaban J connectivity index is 1.69. The van der Waals surface area contributed by atoms with E-state index in [2.05, 4.69) is 6.07 Å². The highest BCUT2D eigenvalue weighted by molar-refractivity contribution is 5.83. The number of hydrogen-bond acceptors (Lipinski definition) is 3. The molecule has 2 atom stereocenters. The summed E-state index contributed by atoms with van der Waals surface area (Å²) in [5.74, 6) is -1.46. The Labute approximate surface area is 150 Å². The molecule has 1 aliphatic rings. The Morgan fingerprint density at radius 3 is 2.65 bits per heavy atom. The van der Waals surface area contributed by atoms with Crippen molar-refractivity contribution in [2.45, 2.75) is 31.3 Å². The lowest BCUT2D eigenvalue weighted by atomic mass is 10.00. The van der Waals surface area contributed by atoms with Crippen LogP contribution in [-0.2, 0) is 11.2 Å². The lowest BCUT2D eigenvalue weighted by Crippen LogP contribution is -2.46. The first-order valence-corrected chi connectivity index (χ1v) is 8.49. The molecule has 0 radical (unpaired) electrons. The number of halogens is 2. The smallest absolute Gasteiger partial charge is 0.240 e. The van der Waals surface area contributed by atoms with Crippen molar-refractivity contribution in [3.8, 4) is 17.2 Å². The van der Waals surface area contributed by atoms with E-state index in [-0.39, 0.29) is 5.91 Å². The van der Waals surface area contributed by atoms with Gasteiger partial charge in [0.15, 0.2) is 0 Å². The third-order valence-electron chi connectivity index (χ3n) is 4.65. The van der Waals surface area contributed by atoms with Gasteiger partial charge in [0.2, 0.25) is 5.91 Å². The highest BCUT2D eigenvalue weighted by Crippen LogP contribution is 2.24. The zero-order valence-electron chi connectivity index (χ0n) is 14.2. The predicted molar refractivity (Wildman–Crippen MR) is 93.8 cm³/mol. The SMILES string of the molecule is N#C[C@@H]1CCCN1C(=O)[C@@H](N)Cc1ccc(-c2ccc(F)cc2F)cc1. The standard InChI is InChI=1S/C20H19F2N3O/c21-15-7-8-17(18(22)11-15)14-5-3-13(4-6-14)10-19(24)20(26)25-9-1-2-16(25)12-23/h3-8,11,16,19H,1-2,9-10,24H2/t16-,19-/m0/s1. The van der Waals surface area contributed by atoms with E-state index in [0.29, 0.717) is 30.5 Å². The molecule has 0 aliphatic carbocycles. The van der Waals surface area contributed by atoms with Gasteiger partial charge in [-0.15, -0.1) is 0 Å². The van der Waals surface area contributed by atoms with Crippen molar-refractivity contribution >= 4 is 5.91 Å². The average Bonchev–Trinajstić information content (AvgIpc) is 3.10. The molecule has 0 unspecified atom stereocenters. The topological polar surface area (TPSA) is 70.1 Å². The van der Waals surface area contributed by atoms with Crippen LogP contribution in [0.3, 0.4) is 0 Å². The molecule has 26 heavy (non-hydrogen) atoms. The number of carbonyl (C=O) groups is 1. The molecule has 1 amide bonds. The van der Waals surface area contributed by atoms with E-state index in [1.54, 1.807) is 29.2 Å². The third-order valence-corrected chi connectivity index (χ3v) is 4.65. The van der Waals surface area contributed by atoms with Gasteiger partial charge in [-0.25, -0.2) is 8.78 Å². The highest BCUT2D eigenvalue weighted by Gasteiger charge is 2.31. The van der Waals surface area contributed by atoms with Crippen LogP contribution in [0.25, 0.3) is 11.1 Å². The van der Waals surface area contributed by atoms with Crippen LogP contribution in [0, 0.1) is 23.0 Å². The fourth-order valence-electron chi connectivity index (χ4n) is 3.26. The number of amides is 1. The van der Waals surface area contributed by atoms with Gasteiger partial charge in [-0.1, -0.05) is 24.3 Å². The summed E-state index contributed by atoms with van der Waals surface area (Å²) >= 11 is 0. The van der Waals surface area contributed by atoms with E-state index < -0.39 is 23.7 Å². The minimum Gasteiger partial charge on any atom is -0.325 e. The number of nitrogens with two attached hydrogens (primary N) is 1. The quantitative estimate of drug-likeness (QED) is 0.916. The second-order valence-electron chi connectivity index (χ2n) is 6.45. The fraction of sp³-hybridized carbons (Fsp3) is 0.300. The molecule has 0 bridgehead atoms. The summed E-state index contributed by atoms with van der Waals surface area (Å²) in [7, 11) is 0. The van der Waals surface area contributed by atoms with Crippen molar-refractivity contribution in [1.29, 1.82) is 5.26 Å². The Hall–Kier alpha value is -2.78. The molecule has 3 rings (SSSR count). The summed E-state index contributed by atoms with van der Waals surface area (Å²) in [5.41, 5.74) is 7.80. The molecule has 0 spiro atoms. The van der Waals surface area contributed by atoms with E-state index in [9.17, 15) is 13.6 Å². The lowest BCUT2D eigenvalue weighted by molar-refractivity contribution is -0.132. The molecule has 0 saturated carbocycles. The van der Waals surface area contributed by atoms with E-state index in [1.165, 1.54) is 12.1 Å². The van der Waals surface area contributed by atoms with Crippen molar-refractivity contribution in [2.75, 3.05) is 6.54 Å². The molecule has 6 heteroatoms. The van der Waals surface area contributed by atoms with Gasteiger partial charge in [0.05, 0.1) is 12.1 Å². The first-order valence-electron chi connectivity index (χ1n) is 8.49. The number of nitriles is 1. The number of carbonyl (C=O) groups excluding carboxylic acids is 1. The monoisotopic (exact) mass is 355 g/mol. The third kappa shape index (κ3) is 3.73. The second kappa shape index (κ2) is 7.63. The number of likely N-dealkylation sites (tertiary alicyclic amines) is 1. The number of rotatable bonds is 4. The Bertz CT molecular complexity index is 845. The molecule has 1 heterocycles. The number of benzene rings is 2. The minimum atomic E-state index is -0.725. The first kappa shape index (κ1) is 18.0. The first-order chi connectivity index (χ1) is 12.5. The zero-order chi connectivity index (χ0) is 18.7. The van der Waals surface area contributed by atoms with Gasteiger partial charge in [-0.05, 0) is 42.5 Å². The summed E-state index contributed by atoms with van der Waals surface area (Å²) < 4.78 is 26.9. The van der Waals surface area contributed by atoms with E-state index in [0.717, 1.165) is 18.1 Å². The summed E-state index contributed by atoms with van der Waals surface area (Å²) in [6, 6.07) is 11.5. The van der Waals surface area contributed by atoms with Crippen LogP contribution in [0.15, 0.2) is 42.5 Å². The zero-order valence-corrected chi connectivity index (χ0v) is 14.2. The van der Waals surface area contributed by atoms with Crippen LogP contribution >= 0.6 is 0 Å². The largest absolute Gasteiger partial charge is 0.325 e. The van der Waals surface area contributed by atoms with Crippen LogP contribution in [0.5, 0.6) is 0 Å². The van der Waals surface area contributed by atoms with Gasteiger partial charge in [0.1, 0.15) is 17.7 Å². The van der Waals surface area contributed by atoms with Gasteiger partial charge in [-0.2, -0.15) is 5.26 Å². The van der Waals surface area contributed by atoms with Gasteiger partial charge in [-0.3, -0.25) is 4.79 Å². The van der Waals surface area contributed by atoms with Crippen molar-refractivity contribution in [2.24, 2.45) is 5.73 Å². The average molecular weight is 355 g/mol. The number of nitrogens with zero attached hydrogens (tertiary/aromatic N) is 2. The van der Waals surface area contributed by atoms with Crippen LogP contribution in [-0.4, -0.2) is 29.4 Å². The normalized spacial score (nSPS) is 17.8. The summed E-state index contributed by atoms with van der Waals surface area (Å²) in [6.07, 6.45) is 1.83. The second-order valence-corrected chi connectivity index (χ2v) is 6.45. The molecule has 0 aromatic heterocycles. The molecular weight excluding hydrogens is 336 g/mol. The van der Waals surface area contributed by atoms with E-state index in [1.807, 2.05) is 0 Å². The Morgan fingerprint density at radius 1 is 1.27 bits per heavy atom. The highest BCUT2D eigenvalue weighted by atomic mass is 19.1. The van der Waals surface area contributed by atoms with Crippen LogP contribution < -0.4 is 5.73 Å². The fourth-order valence-corrected chi connectivity index (χ4v) is 3.26. The summed E-state index contributed by atoms with van der Waals surface area (Å²) in [4.78, 5) is 14.0. The van der Waals surface area contributed by atoms with Crippen LogP contribution in [0.1, 0.15) is 18.4 Å².